The van der Waals surface area contributed by atoms with Crippen molar-refractivity contribution < 1.29 is 18.0 Å². The molecule has 0 atom stereocenters. The Balaban J connectivity index is 2.48. The Labute approximate surface area is 127 Å². The van der Waals surface area contributed by atoms with Crippen molar-refractivity contribution in [3.63, 3.8) is 0 Å². The zero-order chi connectivity index (χ0) is 16.2. The maximum atomic E-state index is 13.2. The molecule has 1 amide bonds. The van der Waals surface area contributed by atoms with E-state index in [2.05, 4.69) is 5.32 Å². The van der Waals surface area contributed by atoms with Crippen molar-refractivity contribution in [1.82, 2.24) is 5.32 Å². The summed E-state index contributed by atoms with van der Waals surface area (Å²) in [7, 11) is 0. The van der Waals surface area contributed by atoms with Gasteiger partial charge in [0, 0.05) is 6.54 Å². The van der Waals surface area contributed by atoms with Gasteiger partial charge in [-0.2, -0.15) is 13.2 Å². The van der Waals surface area contributed by atoms with Gasteiger partial charge in [-0.05, 0) is 29.7 Å². The number of rotatable bonds is 4. The Morgan fingerprint density at radius 2 is 1.59 bits per heavy atom. The van der Waals surface area contributed by atoms with Crippen LogP contribution in [-0.4, -0.2) is 12.5 Å². The molecule has 2 aromatic carbocycles. The van der Waals surface area contributed by atoms with Gasteiger partial charge >= 0.3 is 6.18 Å². The first kappa shape index (κ1) is 16.1. The highest BCUT2D eigenvalue weighted by Crippen LogP contribution is 2.38. The molecule has 0 saturated carbocycles. The first-order valence-electron chi connectivity index (χ1n) is 6.94. The van der Waals surface area contributed by atoms with Gasteiger partial charge in [-0.25, -0.2) is 0 Å². The van der Waals surface area contributed by atoms with Crippen molar-refractivity contribution in [2.75, 3.05) is 6.54 Å². The van der Waals surface area contributed by atoms with Gasteiger partial charge in [0.15, 0.2) is 0 Å². The molecule has 2 nitrogen and oxygen atoms in total. The highest BCUT2D eigenvalue weighted by molar-refractivity contribution is 5.82. The number of nitrogens with one attached hydrogen (secondary N) is 1. The summed E-state index contributed by atoms with van der Waals surface area (Å²) < 4.78 is 39.5. The molecule has 0 aromatic heterocycles. The second-order valence-corrected chi connectivity index (χ2v) is 4.83. The zero-order valence-electron chi connectivity index (χ0n) is 12.1. The second-order valence-electron chi connectivity index (χ2n) is 4.83. The first-order chi connectivity index (χ1) is 10.4. The number of likely N-dealkylation sites (N-methyl/N-ethyl adjacent to an activating group) is 1. The number of halogens is 3. The molecule has 22 heavy (non-hydrogen) atoms. The van der Waals surface area contributed by atoms with Crippen molar-refractivity contribution in [1.29, 1.82) is 0 Å². The molecule has 116 valence electrons. The highest BCUT2D eigenvalue weighted by atomic mass is 19.4. The van der Waals surface area contributed by atoms with Crippen molar-refractivity contribution in [3.8, 4) is 11.1 Å². The third-order valence-electron chi connectivity index (χ3n) is 3.26. The molecule has 2 rings (SSSR count). The number of hydrogen-bond donors (Lipinski definition) is 1. The van der Waals surface area contributed by atoms with E-state index in [-0.39, 0.29) is 17.9 Å². The van der Waals surface area contributed by atoms with Crippen LogP contribution in [0.2, 0.25) is 0 Å². The predicted molar refractivity (Wildman–Crippen MR) is 79.3 cm³/mol. The van der Waals surface area contributed by atoms with E-state index in [9.17, 15) is 18.0 Å². The minimum Gasteiger partial charge on any atom is -0.356 e. The van der Waals surface area contributed by atoms with Crippen LogP contribution in [0.3, 0.4) is 0 Å². The van der Waals surface area contributed by atoms with Crippen molar-refractivity contribution in [2.45, 2.75) is 19.5 Å². The van der Waals surface area contributed by atoms with Gasteiger partial charge in [-0.3, -0.25) is 4.79 Å². The van der Waals surface area contributed by atoms with Crippen LogP contribution in [0.25, 0.3) is 11.1 Å². The van der Waals surface area contributed by atoms with Crippen LogP contribution in [0.4, 0.5) is 13.2 Å². The van der Waals surface area contributed by atoms with Gasteiger partial charge in [0.25, 0.3) is 0 Å². The van der Waals surface area contributed by atoms with Gasteiger partial charge in [-0.15, -0.1) is 0 Å². The molecule has 0 fully saturated rings. The SMILES string of the molecule is CCNC(=O)Cc1ccccc1-c1ccccc1C(F)(F)F. The Bertz CT molecular complexity index is 665. The smallest absolute Gasteiger partial charge is 0.356 e. The lowest BCUT2D eigenvalue weighted by Crippen LogP contribution is -2.24. The maximum Gasteiger partial charge on any atom is 0.417 e. The Morgan fingerprint density at radius 3 is 2.23 bits per heavy atom. The van der Waals surface area contributed by atoms with Crippen LogP contribution in [0.1, 0.15) is 18.1 Å². The number of carbonyl (C=O) groups excluding carboxylic acids is 1. The molecule has 0 saturated heterocycles. The second kappa shape index (κ2) is 6.64. The molecule has 5 heteroatoms. The summed E-state index contributed by atoms with van der Waals surface area (Å²) in [6, 6.07) is 12.1. The third kappa shape index (κ3) is 3.67. The lowest BCUT2D eigenvalue weighted by Gasteiger charge is -2.15. The van der Waals surface area contributed by atoms with Crippen LogP contribution in [0.15, 0.2) is 48.5 Å². The maximum absolute atomic E-state index is 13.2. The molecule has 0 radical (unpaired) electrons. The van der Waals surface area contributed by atoms with E-state index in [1.54, 1.807) is 37.3 Å². The predicted octanol–water partition coefficient (Wildman–Crippen LogP) is 4.05. The third-order valence-corrected chi connectivity index (χ3v) is 3.26. The zero-order valence-corrected chi connectivity index (χ0v) is 12.1. The largest absolute Gasteiger partial charge is 0.417 e. The van der Waals surface area contributed by atoms with Crippen molar-refractivity contribution in [3.05, 3.63) is 59.7 Å². The van der Waals surface area contributed by atoms with Gasteiger partial charge < -0.3 is 5.32 Å². The number of alkyl halides is 3. The average Bonchev–Trinajstić information content (AvgIpc) is 2.47. The molecular weight excluding hydrogens is 291 g/mol. The van der Waals surface area contributed by atoms with Gasteiger partial charge in [-0.1, -0.05) is 42.5 Å². The molecule has 0 aliphatic rings. The number of amides is 1. The summed E-state index contributed by atoms with van der Waals surface area (Å²) >= 11 is 0. The van der Waals surface area contributed by atoms with Gasteiger partial charge in [0.1, 0.15) is 0 Å². The lowest BCUT2D eigenvalue weighted by molar-refractivity contribution is -0.137. The average molecular weight is 307 g/mol. The number of carbonyl (C=O) groups is 1. The summed E-state index contributed by atoms with van der Waals surface area (Å²) in [5.74, 6) is -0.209. The highest BCUT2D eigenvalue weighted by Gasteiger charge is 2.33. The van der Waals surface area contributed by atoms with Gasteiger partial charge in [0.2, 0.25) is 5.91 Å². The van der Waals surface area contributed by atoms with Crippen LogP contribution in [0, 0.1) is 0 Å². The Kier molecular flexibility index (Phi) is 4.85. The lowest BCUT2D eigenvalue weighted by atomic mass is 9.93. The molecular formula is C17H16F3NO. The van der Waals surface area contributed by atoms with Crippen LogP contribution in [0.5, 0.6) is 0 Å². The van der Waals surface area contributed by atoms with Crippen molar-refractivity contribution in [2.24, 2.45) is 0 Å². The van der Waals surface area contributed by atoms with Crippen LogP contribution < -0.4 is 5.32 Å². The fourth-order valence-electron chi connectivity index (χ4n) is 2.34. The summed E-state index contributed by atoms with van der Waals surface area (Å²) in [4.78, 5) is 11.7. The molecule has 0 aliphatic heterocycles. The normalized spacial score (nSPS) is 11.3. The van der Waals surface area contributed by atoms with Gasteiger partial charge in [0.05, 0.1) is 12.0 Å². The Morgan fingerprint density at radius 1 is 1.00 bits per heavy atom. The topological polar surface area (TPSA) is 29.1 Å². The standard InChI is InChI=1S/C17H16F3NO/c1-2-21-16(22)11-12-7-3-4-8-13(12)14-9-5-6-10-15(14)17(18,19)20/h3-10H,2,11H2,1H3,(H,21,22). The van der Waals surface area contributed by atoms with Crippen molar-refractivity contribution >= 4 is 5.91 Å². The Hall–Kier alpha value is -2.30. The van der Waals surface area contributed by atoms with E-state index in [0.717, 1.165) is 6.07 Å². The summed E-state index contributed by atoms with van der Waals surface area (Å²) in [6.45, 7) is 2.28. The summed E-state index contributed by atoms with van der Waals surface area (Å²) in [6.07, 6.45) is -4.38. The van der Waals surface area contributed by atoms with E-state index in [0.29, 0.717) is 17.7 Å². The molecule has 0 heterocycles. The molecule has 0 spiro atoms. The number of benzene rings is 2. The van der Waals surface area contributed by atoms with E-state index >= 15 is 0 Å². The summed E-state index contributed by atoms with van der Waals surface area (Å²) in [5.41, 5.74) is 0.403. The molecule has 1 N–H and O–H groups in total. The fraction of sp³-hybridized carbons (Fsp3) is 0.235. The molecule has 2 aromatic rings. The fourth-order valence-corrected chi connectivity index (χ4v) is 2.34. The first-order valence-corrected chi connectivity index (χ1v) is 6.94. The minimum absolute atomic E-state index is 0.0518. The number of hydrogen-bond acceptors (Lipinski definition) is 1. The van der Waals surface area contributed by atoms with E-state index < -0.39 is 11.7 Å². The van der Waals surface area contributed by atoms with E-state index in [1.807, 2.05) is 0 Å². The van der Waals surface area contributed by atoms with E-state index in [1.165, 1.54) is 12.1 Å². The van der Waals surface area contributed by atoms with E-state index in [4.69, 9.17) is 0 Å². The summed E-state index contributed by atoms with van der Waals surface area (Å²) in [5, 5.41) is 2.66. The minimum atomic E-state index is -4.44. The molecule has 0 bridgehead atoms. The van der Waals surface area contributed by atoms with Crippen LogP contribution >= 0.6 is 0 Å². The quantitative estimate of drug-likeness (QED) is 0.907. The monoisotopic (exact) mass is 307 g/mol. The molecule has 0 unspecified atom stereocenters. The van der Waals surface area contributed by atoms with Crippen LogP contribution in [-0.2, 0) is 17.4 Å². The molecule has 0 aliphatic carbocycles.